The molecule has 104 valence electrons. The number of para-hydroxylation sites is 1. The zero-order chi connectivity index (χ0) is 13.8. The van der Waals surface area contributed by atoms with Gasteiger partial charge in [0.1, 0.15) is 5.75 Å². The average Bonchev–Trinajstić information content (AvgIpc) is 3.12. The molecule has 0 unspecified atom stereocenters. The molecule has 5 heteroatoms. The largest absolute Gasteiger partial charge is 0.480 e. The van der Waals surface area contributed by atoms with Crippen LogP contribution in [0.25, 0.3) is 0 Å². The van der Waals surface area contributed by atoms with Crippen LogP contribution in [0, 0.1) is 0 Å². The van der Waals surface area contributed by atoms with Crippen molar-refractivity contribution in [2.45, 2.75) is 25.5 Å². The summed E-state index contributed by atoms with van der Waals surface area (Å²) in [5.74, 6) is 0.783. The van der Waals surface area contributed by atoms with E-state index in [9.17, 15) is 4.79 Å². The Morgan fingerprint density at radius 1 is 1.40 bits per heavy atom. The number of rotatable bonds is 5. The SMILES string of the molecule is O=C(NCCCn1cccn1)[C@H]1Cc2ccccc2O1. The molecule has 0 saturated carbocycles. The molecule has 5 nitrogen and oxygen atoms in total. The lowest BCUT2D eigenvalue weighted by Gasteiger charge is -2.11. The third-order valence-electron chi connectivity index (χ3n) is 3.36. The molecule has 1 aromatic heterocycles. The lowest BCUT2D eigenvalue weighted by Crippen LogP contribution is -2.38. The molecular formula is C15H17N3O2. The third-order valence-corrected chi connectivity index (χ3v) is 3.36. The Bertz CT molecular complexity index is 556. The van der Waals surface area contributed by atoms with Gasteiger partial charge in [-0.2, -0.15) is 5.10 Å². The van der Waals surface area contributed by atoms with E-state index in [1.807, 2.05) is 41.2 Å². The number of nitrogens with zero attached hydrogens (tertiary/aromatic N) is 2. The molecule has 0 aliphatic carbocycles. The van der Waals surface area contributed by atoms with Crippen LogP contribution >= 0.6 is 0 Å². The van der Waals surface area contributed by atoms with E-state index < -0.39 is 6.10 Å². The summed E-state index contributed by atoms with van der Waals surface area (Å²) in [5, 5.41) is 7.03. The van der Waals surface area contributed by atoms with Crippen molar-refractivity contribution in [1.82, 2.24) is 15.1 Å². The molecule has 3 rings (SSSR count). The van der Waals surface area contributed by atoms with Gasteiger partial charge >= 0.3 is 0 Å². The molecule has 0 fully saturated rings. The van der Waals surface area contributed by atoms with Crippen LogP contribution in [-0.2, 0) is 17.8 Å². The Kier molecular flexibility index (Phi) is 3.67. The van der Waals surface area contributed by atoms with Gasteiger partial charge in [0, 0.05) is 31.9 Å². The number of carbonyl (C=O) groups excluding carboxylic acids is 1. The van der Waals surface area contributed by atoms with E-state index in [0.29, 0.717) is 13.0 Å². The number of amides is 1. The highest BCUT2D eigenvalue weighted by atomic mass is 16.5. The summed E-state index contributed by atoms with van der Waals surface area (Å²) < 4.78 is 7.50. The summed E-state index contributed by atoms with van der Waals surface area (Å²) >= 11 is 0. The molecule has 1 aliphatic heterocycles. The molecule has 1 atom stereocenters. The molecular weight excluding hydrogens is 254 g/mol. The molecule has 1 aromatic carbocycles. The minimum atomic E-state index is -0.392. The summed E-state index contributed by atoms with van der Waals surface area (Å²) in [6.45, 7) is 1.44. The molecule has 1 aliphatic rings. The predicted octanol–water partition coefficient (Wildman–Crippen LogP) is 1.39. The van der Waals surface area contributed by atoms with Crippen LogP contribution in [0.3, 0.4) is 0 Å². The van der Waals surface area contributed by atoms with Gasteiger partial charge in [0.15, 0.2) is 6.10 Å². The molecule has 20 heavy (non-hydrogen) atoms. The number of nitrogens with one attached hydrogen (secondary N) is 1. The van der Waals surface area contributed by atoms with Crippen molar-refractivity contribution < 1.29 is 9.53 Å². The molecule has 2 heterocycles. The van der Waals surface area contributed by atoms with Crippen molar-refractivity contribution in [3.8, 4) is 5.75 Å². The Balaban J connectivity index is 1.42. The molecule has 0 spiro atoms. The Hall–Kier alpha value is -2.30. The van der Waals surface area contributed by atoms with E-state index in [1.54, 1.807) is 6.20 Å². The number of aromatic nitrogens is 2. The van der Waals surface area contributed by atoms with Crippen molar-refractivity contribution in [3.05, 3.63) is 48.3 Å². The highest BCUT2D eigenvalue weighted by Gasteiger charge is 2.28. The van der Waals surface area contributed by atoms with Crippen LogP contribution in [0.2, 0.25) is 0 Å². The molecule has 1 amide bonds. The number of hydrogen-bond donors (Lipinski definition) is 1. The van der Waals surface area contributed by atoms with Crippen molar-refractivity contribution in [3.63, 3.8) is 0 Å². The third kappa shape index (κ3) is 2.82. The first-order valence-electron chi connectivity index (χ1n) is 6.82. The Morgan fingerprint density at radius 2 is 2.30 bits per heavy atom. The number of hydrogen-bond acceptors (Lipinski definition) is 3. The fraction of sp³-hybridized carbons (Fsp3) is 0.333. The average molecular weight is 271 g/mol. The second-order valence-electron chi connectivity index (χ2n) is 4.83. The number of benzene rings is 1. The molecule has 2 aromatic rings. The van der Waals surface area contributed by atoms with E-state index >= 15 is 0 Å². The van der Waals surface area contributed by atoms with Crippen molar-refractivity contribution >= 4 is 5.91 Å². The summed E-state index contributed by atoms with van der Waals surface area (Å²) in [7, 11) is 0. The Morgan fingerprint density at radius 3 is 3.10 bits per heavy atom. The molecule has 1 N–H and O–H groups in total. The fourth-order valence-corrected chi connectivity index (χ4v) is 2.33. The highest BCUT2D eigenvalue weighted by molar-refractivity contribution is 5.82. The van der Waals surface area contributed by atoms with Gasteiger partial charge in [0.25, 0.3) is 5.91 Å². The van der Waals surface area contributed by atoms with Gasteiger partial charge in [-0.1, -0.05) is 18.2 Å². The minimum Gasteiger partial charge on any atom is -0.480 e. The minimum absolute atomic E-state index is 0.0401. The maximum atomic E-state index is 12.0. The zero-order valence-electron chi connectivity index (χ0n) is 11.2. The van der Waals surface area contributed by atoms with Crippen LogP contribution in [0.1, 0.15) is 12.0 Å². The first-order valence-corrected chi connectivity index (χ1v) is 6.82. The second-order valence-corrected chi connectivity index (χ2v) is 4.83. The quantitative estimate of drug-likeness (QED) is 0.836. The Labute approximate surface area is 117 Å². The first kappa shape index (κ1) is 12.7. The predicted molar refractivity (Wildman–Crippen MR) is 74.4 cm³/mol. The van der Waals surface area contributed by atoms with Crippen LogP contribution in [0.15, 0.2) is 42.7 Å². The van der Waals surface area contributed by atoms with Crippen LogP contribution in [0.5, 0.6) is 5.75 Å². The number of fused-ring (bicyclic) bond motifs is 1. The van der Waals surface area contributed by atoms with Gasteiger partial charge in [-0.25, -0.2) is 0 Å². The van der Waals surface area contributed by atoms with E-state index in [0.717, 1.165) is 24.3 Å². The standard InChI is InChI=1S/C15H17N3O2/c19-15(16-7-3-9-18-10-4-8-17-18)14-11-12-5-1-2-6-13(12)20-14/h1-2,4-6,8,10,14H,3,7,9,11H2,(H,16,19)/t14-/m1/s1. The molecule has 0 radical (unpaired) electrons. The van der Waals surface area contributed by atoms with Gasteiger partial charge in [0.05, 0.1) is 0 Å². The molecule has 0 saturated heterocycles. The first-order chi connectivity index (χ1) is 9.83. The van der Waals surface area contributed by atoms with Gasteiger partial charge < -0.3 is 10.1 Å². The topological polar surface area (TPSA) is 56.2 Å². The summed E-state index contributed by atoms with van der Waals surface area (Å²) in [6, 6.07) is 9.68. The van der Waals surface area contributed by atoms with Crippen LogP contribution in [-0.4, -0.2) is 28.3 Å². The van der Waals surface area contributed by atoms with Crippen LogP contribution < -0.4 is 10.1 Å². The van der Waals surface area contributed by atoms with Gasteiger partial charge in [-0.05, 0) is 24.1 Å². The summed E-state index contributed by atoms with van der Waals surface area (Å²) in [4.78, 5) is 12.0. The monoisotopic (exact) mass is 271 g/mol. The number of ether oxygens (including phenoxy) is 1. The summed E-state index contributed by atoms with van der Waals surface area (Å²) in [6.07, 6.45) is 4.78. The molecule has 0 bridgehead atoms. The van der Waals surface area contributed by atoms with Crippen molar-refractivity contribution in [2.75, 3.05) is 6.54 Å². The van der Waals surface area contributed by atoms with E-state index in [1.165, 1.54) is 0 Å². The zero-order valence-corrected chi connectivity index (χ0v) is 11.2. The lowest BCUT2D eigenvalue weighted by molar-refractivity contribution is -0.127. The van der Waals surface area contributed by atoms with Crippen molar-refractivity contribution in [2.24, 2.45) is 0 Å². The normalized spacial score (nSPS) is 16.5. The van der Waals surface area contributed by atoms with Gasteiger partial charge in [0.2, 0.25) is 0 Å². The number of aryl methyl sites for hydroxylation is 1. The maximum Gasteiger partial charge on any atom is 0.261 e. The van der Waals surface area contributed by atoms with E-state index in [2.05, 4.69) is 10.4 Å². The smallest absolute Gasteiger partial charge is 0.261 e. The van der Waals surface area contributed by atoms with E-state index in [4.69, 9.17) is 4.74 Å². The number of carbonyl (C=O) groups is 1. The van der Waals surface area contributed by atoms with Gasteiger partial charge in [-0.3, -0.25) is 9.48 Å². The van der Waals surface area contributed by atoms with Gasteiger partial charge in [-0.15, -0.1) is 0 Å². The highest BCUT2D eigenvalue weighted by Crippen LogP contribution is 2.27. The van der Waals surface area contributed by atoms with Crippen LogP contribution in [0.4, 0.5) is 0 Å². The summed E-state index contributed by atoms with van der Waals surface area (Å²) in [5.41, 5.74) is 1.10. The lowest BCUT2D eigenvalue weighted by atomic mass is 10.1. The maximum absolute atomic E-state index is 12.0. The second kappa shape index (κ2) is 5.77. The van der Waals surface area contributed by atoms with Crippen molar-refractivity contribution in [1.29, 1.82) is 0 Å². The fourth-order valence-electron chi connectivity index (χ4n) is 2.33. The van der Waals surface area contributed by atoms with E-state index in [-0.39, 0.29) is 5.91 Å².